The molecular formula is C30H31N3O4S. The maximum absolute atomic E-state index is 13.4. The van der Waals surface area contributed by atoms with Crippen LogP contribution in [0.2, 0.25) is 0 Å². The van der Waals surface area contributed by atoms with Crippen molar-refractivity contribution < 1.29 is 19.1 Å². The molecule has 0 aliphatic carbocycles. The number of thioether (sulfide) groups is 1. The number of hydrogen-bond donors (Lipinski definition) is 2. The van der Waals surface area contributed by atoms with E-state index in [0.717, 1.165) is 41.4 Å². The van der Waals surface area contributed by atoms with Gasteiger partial charge in [0.2, 0.25) is 0 Å². The van der Waals surface area contributed by atoms with E-state index in [-0.39, 0.29) is 11.8 Å². The highest BCUT2D eigenvalue weighted by Gasteiger charge is 2.30. The topological polar surface area (TPSA) is 79.9 Å². The summed E-state index contributed by atoms with van der Waals surface area (Å²) in [5, 5.41) is 6.45. The molecule has 38 heavy (non-hydrogen) atoms. The highest BCUT2D eigenvalue weighted by atomic mass is 32.2. The average Bonchev–Trinajstić information content (AvgIpc) is 3.27. The van der Waals surface area contributed by atoms with E-state index < -0.39 is 0 Å². The molecule has 2 heterocycles. The summed E-state index contributed by atoms with van der Waals surface area (Å²) >= 11 is 1.88. The zero-order valence-electron chi connectivity index (χ0n) is 21.6. The van der Waals surface area contributed by atoms with E-state index in [4.69, 9.17) is 9.47 Å². The molecule has 196 valence electrons. The highest BCUT2D eigenvalue weighted by molar-refractivity contribution is 7.99. The lowest BCUT2D eigenvalue weighted by Crippen LogP contribution is -2.37. The van der Waals surface area contributed by atoms with Gasteiger partial charge in [-0.1, -0.05) is 30.3 Å². The van der Waals surface area contributed by atoms with Crippen LogP contribution in [0.4, 0.5) is 11.4 Å². The van der Waals surface area contributed by atoms with Gasteiger partial charge in [0.15, 0.2) is 11.5 Å². The summed E-state index contributed by atoms with van der Waals surface area (Å²) in [6.07, 6.45) is 0. The number of amides is 2. The van der Waals surface area contributed by atoms with Crippen LogP contribution >= 0.6 is 11.8 Å². The van der Waals surface area contributed by atoms with E-state index in [1.807, 2.05) is 97.2 Å². The summed E-state index contributed by atoms with van der Waals surface area (Å²) in [5.74, 6) is 2.97. The van der Waals surface area contributed by atoms with Crippen LogP contribution in [0, 0.1) is 0 Å². The smallest absolute Gasteiger partial charge is 0.258 e. The van der Waals surface area contributed by atoms with Crippen LogP contribution < -0.4 is 20.1 Å². The van der Waals surface area contributed by atoms with Crippen LogP contribution in [0.5, 0.6) is 11.5 Å². The van der Waals surface area contributed by atoms with Gasteiger partial charge in [0.05, 0.1) is 30.2 Å². The number of benzene rings is 3. The standard InChI is InChI=1S/C30H31N3O4S/c1-3-36-25-18-23-24(19-26(25)37-4-2)32-29(34)27(23)28(20-8-6-5-7-9-20)31-22-12-10-21(11-13-22)30(35)33-14-16-38-17-15-33/h5-13,18-19,31H,3-4,14-17H2,1-2H3,(H,32,34)/b28-27+. The van der Waals surface area contributed by atoms with Gasteiger partial charge in [-0.15, -0.1) is 0 Å². The minimum atomic E-state index is -0.211. The lowest BCUT2D eigenvalue weighted by Gasteiger charge is -2.26. The van der Waals surface area contributed by atoms with Crippen molar-refractivity contribution in [3.8, 4) is 11.5 Å². The second-order valence-electron chi connectivity index (χ2n) is 8.89. The Hall–Kier alpha value is -3.91. The SMILES string of the molecule is CCOc1cc2c(cc1OCC)/C(=C(\Nc1ccc(C(=O)N3CCSCC3)cc1)c1ccccc1)C(=O)N2. The normalized spacial score (nSPS) is 15.9. The van der Waals surface area contributed by atoms with E-state index >= 15 is 0 Å². The summed E-state index contributed by atoms with van der Waals surface area (Å²) in [6, 6.07) is 20.9. The number of nitrogens with zero attached hydrogens (tertiary/aromatic N) is 1. The molecule has 0 saturated carbocycles. The van der Waals surface area contributed by atoms with Crippen LogP contribution in [0.15, 0.2) is 66.7 Å². The maximum atomic E-state index is 13.4. The number of rotatable bonds is 8. The predicted octanol–water partition coefficient (Wildman–Crippen LogP) is 5.61. The Balaban J connectivity index is 1.53. The summed E-state index contributed by atoms with van der Waals surface area (Å²) in [4.78, 5) is 28.2. The molecule has 3 aromatic rings. The lowest BCUT2D eigenvalue weighted by atomic mass is 9.99. The minimum Gasteiger partial charge on any atom is -0.490 e. The quantitative estimate of drug-likeness (QED) is 0.370. The van der Waals surface area contributed by atoms with Crippen molar-refractivity contribution in [3.63, 3.8) is 0 Å². The summed E-state index contributed by atoms with van der Waals surface area (Å²) in [5.41, 5.74) is 4.89. The van der Waals surface area contributed by atoms with Crippen molar-refractivity contribution in [2.75, 3.05) is 48.4 Å². The van der Waals surface area contributed by atoms with E-state index in [2.05, 4.69) is 10.6 Å². The van der Waals surface area contributed by atoms with E-state index in [0.29, 0.717) is 47.2 Å². The Morgan fingerprint density at radius 1 is 0.921 bits per heavy atom. The van der Waals surface area contributed by atoms with Gasteiger partial charge in [-0.05, 0) is 49.7 Å². The van der Waals surface area contributed by atoms with Gasteiger partial charge in [-0.3, -0.25) is 9.59 Å². The fourth-order valence-electron chi connectivity index (χ4n) is 4.64. The van der Waals surface area contributed by atoms with E-state index in [1.54, 1.807) is 0 Å². The zero-order valence-corrected chi connectivity index (χ0v) is 22.4. The molecule has 1 saturated heterocycles. The molecule has 2 aliphatic heterocycles. The van der Waals surface area contributed by atoms with Crippen molar-refractivity contribution in [1.82, 2.24) is 4.90 Å². The molecular weight excluding hydrogens is 498 g/mol. The van der Waals surface area contributed by atoms with Crippen LogP contribution in [-0.2, 0) is 4.79 Å². The largest absolute Gasteiger partial charge is 0.490 e. The fourth-order valence-corrected chi connectivity index (χ4v) is 5.54. The number of anilines is 2. The Morgan fingerprint density at radius 3 is 2.24 bits per heavy atom. The van der Waals surface area contributed by atoms with Crippen molar-refractivity contribution in [2.45, 2.75) is 13.8 Å². The molecule has 2 aliphatic rings. The summed E-state index contributed by atoms with van der Waals surface area (Å²) in [7, 11) is 0. The number of nitrogens with one attached hydrogen (secondary N) is 2. The molecule has 8 heteroatoms. The first-order valence-corrected chi connectivity index (χ1v) is 14.0. The van der Waals surface area contributed by atoms with Crippen LogP contribution in [0.1, 0.15) is 35.3 Å². The second kappa shape index (κ2) is 11.6. The van der Waals surface area contributed by atoms with Crippen LogP contribution in [0.3, 0.4) is 0 Å². The summed E-state index contributed by atoms with van der Waals surface area (Å²) in [6.45, 7) is 6.34. The second-order valence-corrected chi connectivity index (χ2v) is 10.1. The fraction of sp³-hybridized carbons (Fsp3) is 0.267. The number of carbonyl (C=O) groups is 2. The molecule has 7 nitrogen and oxygen atoms in total. The molecule has 0 unspecified atom stereocenters. The Morgan fingerprint density at radius 2 is 1.58 bits per heavy atom. The van der Waals surface area contributed by atoms with E-state index in [1.165, 1.54) is 0 Å². The van der Waals surface area contributed by atoms with Crippen molar-refractivity contribution in [1.29, 1.82) is 0 Å². The Labute approximate surface area is 227 Å². The monoisotopic (exact) mass is 529 g/mol. The van der Waals surface area contributed by atoms with Crippen molar-refractivity contribution in [3.05, 3.63) is 83.4 Å². The van der Waals surface area contributed by atoms with Crippen molar-refractivity contribution in [2.24, 2.45) is 0 Å². The van der Waals surface area contributed by atoms with Gasteiger partial charge >= 0.3 is 0 Å². The first-order chi connectivity index (χ1) is 18.6. The summed E-state index contributed by atoms with van der Waals surface area (Å²) < 4.78 is 11.6. The molecule has 0 bridgehead atoms. The number of fused-ring (bicyclic) bond motifs is 1. The third-order valence-corrected chi connectivity index (χ3v) is 7.38. The van der Waals surface area contributed by atoms with Gasteiger partial charge in [0.1, 0.15) is 0 Å². The van der Waals surface area contributed by atoms with E-state index in [9.17, 15) is 9.59 Å². The zero-order chi connectivity index (χ0) is 26.5. The molecule has 5 rings (SSSR count). The van der Waals surface area contributed by atoms with Gasteiger partial charge in [-0.25, -0.2) is 0 Å². The third kappa shape index (κ3) is 5.36. The first-order valence-electron chi connectivity index (χ1n) is 12.9. The van der Waals surface area contributed by atoms with Crippen molar-refractivity contribution >= 4 is 46.2 Å². The molecule has 3 aromatic carbocycles. The molecule has 0 spiro atoms. The molecule has 1 fully saturated rings. The van der Waals surface area contributed by atoms with Gasteiger partial charge in [0.25, 0.3) is 11.8 Å². The van der Waals surface area contributed by atoms with Gasteiger partial charge in [0, 0.05) is 47.5 Å². The number of ether oxygens (including phenoxy) is 2. The van der Waals surface area contributed by atoms with Crippen LogP contribution in [-0.4, -0.2) is 54.5 Å². The molecule has 0 aromatic heterocycles. The average molecular weight is 530 g/mol. The molecule has 0 radical (unpaired) electrons. The Bertz CT molecular complexity index is 1350. The highest BCUT2D eigenvalue weighted by Crippen LogP contribution is 2.43. The van der Waals surface area contributed by atoms with Gasteiger partial charge < -0.3 is 25.0 Å². The Kier molecular flexibility index (Phi) is 7.89. The predicted molar refractivity (Wildman–Crippen MR) is 154 cm³/mol. The number of hydrogen-bond acceptors (Lipinski definition) is 6. The number of carbonyl (C=O) groups excluding carboxylic acids is 2. The van der Waals surface area contributed by atoms with Gasteiger partial charge in [-0.2, -0.15) is 11.8 Å². The first kappa shape index (κ1) is 25.7. The third-order valence-electron chi connectivity index (χ3n) is 6.44. The van der Waals surface area contributed by atoms with Crippen LogP contribution in [0.25, 0.3) is 11.3 Å². The molecule has 2 N–H and O–H groups in total. The maximum Gasteiger partial charge on any atom is 0.258 e. The lowest BCUT2D eigenvalue weighted by molar-refractivity contribution is -0.110. The minimum absolute atomic E-state index is 0.0520. The molecule has 0 atom stereocenters. The molecule has 2 amide bonds.